The summed E-state index contributed by atoms with van der Waals surface area (Å²) in [6.45, 7) is 5.00. The van der Waals surface area contributed by atoms with Crippen LogP contribution in [0.4, 0.5) is 0 Å². The molecule has 3 heteroatoms. The number of rotatable bonds is 1. The molecule has 28 heavy (non-hydrogen) atoms. The summed E-state index contributed by atoms with van der Waals surface area (Å²) in [7, 11) is 0. The number of nitrogens with zero attached hydrogens (tertiary/aromatic N) is 1. The van der Waals surface area contributed by atoms with Gasteiger partial charge in [-0.25, -0.2) is 0 Å². The van der Waals surface area contributed by atoms with E-state index in [-0.39, 0.29) is 17.1 Å². The fourth-order valence-electron chi connectivity index (χ4n) is 8.22. The highest BCUT2D eigenvalue weighted by Crippen LogP contribution is 2.72. The second-order valence-corrected chi connectivity index (χ2v) is 10.6. The van der Waals surface area contributed by atoms with Crippen molar-refractivity contribution in [1.82, 2.24) is 4.98 Å². The van der Waals surface area contributed by atoms with E-state index in [2.05, 4.69) is 37.0 Å². The molecule has 0 amide bonds. The molecule has 0 aromatic carbocycles. The number of carbonyl (C=O) groups is 1. The van der Waals surface area contributed by atoms with Gasteiger partial charge in [0.2, 0.25) is 0 Å². The molecule has 1 aromatic rings. The van der Waals surface area contributed by atoms with Crippen molar-refractivity contribution >= 4 is 11.9 Å². The van der Waals surface area contributed by atoms with E-state index in [0.29, 0.717) is 11.2 Å². The lowest BCUT2D eigenvalue weighted by Gasteiger charge is -2.58. The predicted octanol–water partition coefficient (Wildman–Crippen LogP) is 5.21. The standard InChI is InChI=1S/C25H31NO2/c1-23-11-9-20-18(8-13-25-22(28-25)21(27)10-12-24(20,25)2)19(23)7-6-16(23)15-17-5-3-4-14-26-17/h3-5,14-15,18-20,22H,6-13H2,1-2H3/b16-15+/t18-,19-,20-,22-,23+,24+,25-/m0/s1. The van der Waals surface area contributed by atoms with E-state index < -0.39 is 0 Å². The third-order valence-electron chi connectivity index (χ3n) is 9.81. The first kappa shape index (κ1) is 17.4. The van der Waals surface area contributed by atoms with Gasteiger partial charge in [0.05, 0.1) is 5.69 Å². The van der Waals surface area contributed by atoms with Gasteiger partial charge in [0.15, 0.2) is 5.78 Å². The van der Waals surface area contributed by atoms with Gasteiger partial charge < -0.3 is 4.74 Å². The van der Waals surface area contributed by atoms with Crippen LogP contribution in [0, 0.1) is 28.6 Å². The summed E-state index contributed by atoms with van der Waals surface area (Å²) in [6.07, 6.45) is 13.5. The van der Waals surface area contributed by atoms with Crippen LogP contribution in [0.25, 0.3) is 6.08 Å². The number of allylic oxidation sites excluding steroid dienone is 1. The van der Waals surface area contributed by atoms with E-state index in [1.165, 1.54) is 32.1 Å². The van der Waals surface area contributed by atoms with Crippen molar-refractivity contribution in [2.24, 2.45) is 28.6 Å². The summed E-state index contributed by atoms with van der Waals surface area (Å²) >= 11 is 0. The van der Waals surface area contributed by atoms with E-state index in [4.69, 9.17) is 4.74 Å². The lowest BCUT2D eigenvalue weighted by molar-refractivity contribution is -0.128. The van der Waals surface area contributed by atoms with E-state index in [9.17, 15) is 4.79 Å². The number of hydrogen-bond donors (Lipinski definition) is 0. The Morgan fingerprint density at radius 2 is 1.96 bits per heavy atom. The van der Waals surface area contributed by atoms with E-state index in [1.54, 1.807) is 5.57 Å². The molecule has 1 aromatic heterocycles. The highest BCUT2D eigenvalue weighted by molar-refractivity contribution is 5.88. The molecule has 3 nitrogen and oxygen atoms in total. The number of epoxide rings is 1. The zero-order valence-corrected chi connectivity index (χ0v) is 17.1. The Labute approximate surface area is 168 Å². The van der Waals surface area contributed by atoms with Crippen LogP contribution in [0.1, 0.15) is 70.9 Å². The van der Waals surface area contributed by atoms with Gasteiger partial charge >= 0.3 is 0 Å². The quantitative estimate of drug-likeness (QED) is 0.631. The zero-order chi connectivity index (χ0) is 19.1. The topological polar surface area (TPSA) is 42.5 Å². The van der Waals surface area contributed by atoms with Crippen molar-refractivity contribution in [2.45, 2.75) is 76.9 Å². The third kappa shape index (κ3) is 2.04. The maximum atomic E-state index is 12.3. The average molecular weight is 378 g/mol. The molecular weight excluding hydrogens is 346 g/mol. The molecule has 0 N–H and O–H groups in total. The first-order valence-electron chi connectivity index (χ1n) is 11.3. The summed E-state index contributed by atoms with van der Waals surface area (Å²) in [6, 6.07) is 6.21. The van der Waals surface area contributed by atoms with Crippen molar-refractivity contribution in [3.63, 3.8) is 0 Å². The Bertz CT molecular complexity index is 863. The van der Waals surface area contributed by atoms with Crippen LogP contribution in [0.15, 0.2) is 30.0 Å². The van der Waals surface area contributed by atoms with Crippen molar-refractivity contribution in [1.29, 1.82) is 0 Å². The summed E-state index contributed by atoms with van der Waals surface area (Å²) in [5.74, 6) is 2.68. The molecule has 1 saturated heterocycles. The Kier molecular flexibility index (Phi) is 3.45. The van der Waals surface area contributed by atoms with Gasteiger partial charge in [-0.15, -0.1) is 0 Å². The average Bonchev–Trinajstić information content (AvgIpc) is 3.36. The molecule has 2 heterocycles. The summed E-state index contributed by atoms with van der Waals surface area (Å²) < 4.78 is 6.20. The Morgan fingerprint density at radius 1 is 1.07 bits per heavy atom. The molecule has 0 radical (unpaired) electrons. The Balaban J connectivity index is 1.32. The van der Waals surface area contributed by atoms with Crippen LogP contribution in [-0.2, 0) is 9.53 Å². The van der Waals surface area contributed by atoms with Gasteiger partial charge in [-0.05, 0) is 86.3 Å². The van der Waals surface area contributed by atoms with Gasteiger partial charge in [-0.2, -0.15) is 0 Å². The van der Waals surface area contributed by atoms with Gasteiger partial charge in [0.25, 0.3) is 0 Å². The molecule has 5 fully saturated rings. The van der Waals surface area contributed by atoms with Crippen LogP contribution in [0.2, 0.25) is 0 Å². The molecule has 7 atom stereocenters. The Morgan fingerprint density at radius 3 is 2.79 bits per heavy atom. The normalized spacial score (nSPS) is 50.5. The first-order chi connectivity index (χ1) is 13.5. The molecule has 0 unspecified atom stereocenters. The van der Waals surface area contributed by atoms with Crippen LogP contribution >= 0.6 is 0 Å². The van der Waals surface area contributed by atoms with E-state index >= 15 is 0 Å². The van der Waals surface area contributed by atoms with Gasteiger partial charge in [-0.1, -0.05) is 25.5 Å². The number of aromatic nitrogens is 1. The van der Waals surface area contributed by atoms with Crippen LogP contribution < -0.4 is 0 Å². The minimum Gasteiger partial charge on any atom is -0.357 e. The maximum Gasteiger partial charge on any atom is 0.164 e. The largest absolute Gasteiger partial charge is 0.357 e. The number of hydrogen-bond acceptors (Lipinski definition) is 3. The second-order valence-electron chi connectivity index (χ2n) is 10.6. The molecule has 5 aliphatic rings. The van der Waals surface area contributed by atoms with Crippen molar-refractivity contribution in [3.05, 3.63) is 35.7 Å². The molecule has 4 saturated carbocycles. The van der Waals surface area contributed by atoms with E-state index in [1.807, 2.05) is 12.3 Å². The second kappa shape index (κ2) is 5.56. The summed E-state index contributed by atoms with van der Waals surface area (Å²) in [4.78, 5) is 16.9. The Hall–Kier alpha value is -1.48. The minimum atomic E-state index is -0.0948. The first-order valence-corrected chi connectivity index (χ1v) is 11.3. The predicted molar refractivity (Wildman–Crippen MR) is 108 cm³/mol. The van der Waals surface area contributed by atoms with Gasteiger partial charge in [-0.3, -0.25) is 9.78 Å². The van der Waals surface area contributed by atoms with E-state index in [0.717, 1.165) is 42.7 Å². The van der Waals surface area contributed by atoms with Crippen molar-refractivity contribution in [2.75, 3.05) is 0 Å². The molecule has 1 spiro atoms. The van der Waals surface area contributed by atoms with Gasteiger partial charge in [0, 0.05) is 18.0 Å². The SMILES string of the molecule is C[C@]12CC[C@H]3[C@@H](CC[C@]45O[C@H]4C(=O)CC[C@]35C)[C@@H]1CC/C2=C\c1ccccn1. The number of pyridine rings is 1. The number of fused-ring (bicyclic) bond motifs is 4. The van der Waals surface area contributed by atoms with Crippen molar-refractivity contribution in [3.8, 4) is 0 Å². The number of carbonyl (C=O) groups excluding carboxylic acids is 1. The summed E-state index contributed by atoms with van der Waals surface area (Å²) in [5, 5.41) is 0. The fourth-order valence-corrected chi connectivity index (χ4v) is 8.22. The molecule has 148 valence electrons. The van der Waals surface area contributed by atoms with Crippen LogP contribution in [-0.4, -0.2) is 22.5 Å². The zero-order valence-electron chi connectivity index (χ0n) is 17.1. The number of Topliss-reactive ketones (excluding diaryl/α,β-unsaturated/α-hetero) is 1. The van der Waals surface area contributed by atoms with Crippen LogP contribution in [0.5, 0.6) is 0 Å². The summed E-state index contributed by atoms with van der Waals surface area (Å²) in [5.41, 5.74) is 3.18. The third-order valence-corrected chi connectivity index (χ3v) is 9.81. The lowest BCUT2D eigenvalue weighted by Crippen LogP contribution is -2.57. The lowest BCUT2D eigenvalue weighted by atomic mass is 9.45. The fraction of sp³-hybridized carbons (Fsp3) is 0.680. The minimum absolute atomic E-state index is 0.0660. The highest BCUT2D eigenvalue weighted by atomic mass is 16.6. The van der Waals surface area contributed by atoms with Crippen LogP contribution in [0.3, 0.4) is 0 Å². The number of ether oxygens (including phenoxy) is 1. The number of ketones is 1. The maximum absolute atomic E-state index is 12.3. The smallest absolute Gasteiger partial charge is 0.164 e. The molecule has 0 bridgehead atoms. The molecule has 4 aliphatic carbocycles. The molecular formula is C25H31NO2. The molecule has 6 rings (SSSR count). The monoisotopic (exact) mass is 377 g/mol. The highest BCUT2D eigenvalue weighted by Gasteiger charge is 2.76. The molecule has 1 aliphatic heterocycles. The van der Waals surface area contributed by atoms with Crippen molar-refractivity contribution < 1.29 is 9.53 Å². The van der Waals surface area contributed by atoms with Gasteiger partial charge in [0.1, 0.15) is 11.7 Å².